The van der Waals surface area contributed by atoms with E-state index >= 15 is 0 Å². The summed E-state index contributed by atoms with van der Waals surface area (Å²) in [5, 5.41) is 4.78. The third-order valence-corrected chi connectivity index (χ3v) is 11.8. The number of aromatic nitrogens is 3. The highest BCUT2D eigenvalue weighted by Crippen LogP contribution is 2.44. The number of thiophene rings is 1. The van der Waals surface area contributed by atoms with Gasteiger partial charge in [0.1, 0.15) is 11.2 Å². The van der Waals surface area contributed by atoms with E-state index in [2.05, 4.69) is 151 Å². The molecule has 0 aliphatic rings. The molecule has 0 spiro atoms. The maximum Gasteiger partial charge on any atom is 0.160 e. The van der Waals surface area contributed by atoms with Crippen molar-refractivity contribution in [2.75, 3.05) is 0 Å². The van der Waals surface area contributed by atoms with Gasteiger partial charge in [0.05, 0.1) is 11.4 Å². The van der Waals surface area contributed by atoms with Crippen LogP contribution < -0.4 is 0 Å². The number of nitrogens with zero attached hydrogens (tertiary/aromatic N) is 3. The van der Waals surface area contributed by atoms with Crippen LogP contribution >= 0.6 is 11.3 Å². The summed E-state index contributed by atoms with van der Waals surface area (Å²) in [7, 11) is 0. The standard InChI is InChI=1S/C51H31N3OS/c1-2-10-33(11-3-1)44-30-45(54-51(53-44)37-13-8-12-35(28-37)38-14-9-27-52-31-38)34-21-19-32(20-22-34)39-24-25-40(50-49(39)42-16-4-6-17-46(42)55-50)36-23-26-48-43(29-36)41-15-5-7-18-47(41)56-48/h1-31H. The first kappa shape index (κ1) is 32.2. The number of rotatable bonds is 6. The van der Waals surface area contributed by atoms with Crippen molar-refractivity contribution in [3.8, 4) is 67.3 Å². The fraction of sp³-hybridized carbons (Fsp3) is 0. The van der Waals surface area contributed by atoms with Crippen molar-refractivity contribution in [2.24, 2.45) is 0 Å². The number of benzene rings is 7. The van der Waals surface area contributed by atoms with E-state index in [0.717, 1.165) is 83.4 Å². The molecule has 11 rings (SSSR count). The normalized spacial score (nSPS) is 11.6. The molecule has 0 amide bonds. The molecular formula is C51H31N3OS. The molecule has 0 unspecified atom stereocenters. The second-order valence-corrected chi connectivity index (χ2v) is 15.1. The van der Waals surface area contributed by atoms with E-state index in [1.165, 1.54) is 20.2 Å². The molecule has 0 atom stereocenters. The summed E-state index contributed by atoms with van der Waals surface area (Å²) in [6, 6.07) is 61.7. The van der Waals surface area contributed by atoms with Crippen molar-refractivity contribution in [3.63, 3.8) is 0 Å². The average molecular weight is 734 g/mol. The molecule has 0 bridgehead atoms. The molecule has 4 aromatic heterocycles. The Kier molecular flexibility index (Phi) is 7.64. The largest absolute Gasteiger partial charge is 0.455 e. The highest BCUT2D eigenvalue weighted by molar-refractivity contribution is 7.25. The van der Waals surface area contributed by atoms with Crippen LogP contribution in [0.15, 0.2) is 193 Å². The summed E-state index contributed by atoms with van der Waals surface area (Å²) in [6.07, 6.45) is 3.67. The van der Waals surface area contributed by atoms with Gasteiger partial charge < -0.3 is 4.42 Å². The molecule has 0 aliphatic heterocycles. The molecule has 0 radical (unpaired) electrons. The number of hydrogen-bond acceptors (Lipinski definition) is 5. The van der Waals surface area contributed by atoms with Crippen molar-refractivity contribution < 1.29 is 4.42 Å². The van der Waals surface area contributed by atoms with Crippen molar-refractivity contribution in [2.45, 2.75) is 0 Å². The predicted molar refractivity (Wildman–Crippen MR) is 233 cm³/mol. The number of fused-ring (bicyclic) bond motifs is 6. The molecule has 4 nitrogen and oxygen atoms in total. The lowest BCUT2D eigenvalue weighted by Crippen LogP contribution is -1.96. The summed E-state index contributed by atoms with van der Waals surface area (Å²) in [6.45, 7) is 0. The van der Waals surface area contributed by atoms with Gasteiger partial charge in [-0.3, -0.25) is 4.98 Å². The lowest BCUT2D eigenvalue weighted by molar-refractivity contribution is 0.670. The zero-order valence-electron chi connectivity index (χ0n) is 30.1. The Morgan fingerprint density at radius 2 is 1.07 bits per heavy atom. The highest BCUT2D eigenvalue weighted by Gasteiger charge is 2.19. The Labute approximate surface area is 327 Å². The second-order valence-electron chi connectivity index (χ2n) is 14.0. The van der Waals surface area contributed by atoms with Crippen LogP contribution in [-0.2, 0) is 0 Å². The number of hydrogen-bond donors (Lipinski definition) is 0. The van der Waals surface area contributed by atoms with Crippen LogP contribution in [0.3, 0.4) is 0 Å². The minimum Gasteiger partial charge on any atom is -0.455 e. The fourth-order valence-corrected chi connectivity index (χ4v) is 8.95. The summed E-state index contributed by atoms with van der Waals surface area (Å²) in [5.41, 5.74) is 13.1. The number of pyridine rings is 1. The Bertz CT molecular complexity index is 3240. The van der Waals surface area contributed by atoms with Gasteiger partial charge in [-0.1, -0.05) is 127 Å². The van der Waals surface area contributed by atoms with Crippen LogP contribution in [0, 0.1) is 0 Å². The van der Waals surface area contributed by atoms with Gasteiger partial charge in [0.2, 0.25) is 0 Å². The zero-order chi connectivity index (χ0) is 37.0. The molecule has 7 aromatic carbocycles. The average Bonchev–Trinajstić information content (AvgIpc) is 3.85. The van der Waals surface area contributed by atoms with Gasteiger partial charge in [-0.05, 0) is 70.8 Å². The Morgan fingerprint density at radius 3 is 1.91 bits per heavy atom. The van der Waals surface area contributed by atoms with Gasteiger partial charge in [-0.25, -0.2) is 9.97 Å². The second kappa shape index (κ2) is 13.3. The van der Waals surface area contributed by atoms with Crippen LogP contribution in [0.4, 0.5) is 0 Å². The van der Waals surface area contributed by atoms with E-state index in [4.69, 9.17) is 14.4 Å². The van der Waals surface area contributed by atoms with Crippen molar-refractivity contribution in [1.29, 1.82) is 0 Å². The quantitative estimate of drug-likeness (QED) is 0.171. The van der Waals surface area contributed by atoms with Crippen LogP contribution in [0.5, 0.6) is 0 Å². The van der Waals surface area contributed by atoms with E-state index in [1.54, 1.807) is 6.20 Å². The van der Waals surface area contributed by atoms with Crippen LogP contribution in [0.25, 0.3) is 109 Å². The van der Waals surface area contributed by atoms with Crippen LogP contribution in [0.1, 0.15) is 0 Å². The first-order valence-electron chi connectivity index (χ1n) is 18.7. The van der Waals surface area contributed by atoms with Crippen molar-refractivity contribution in [3.05, 3.63) is 188 Å². The van der Waals surface area contributed by atoms with Gasteiger partial charge in [0, 0.05) is 71.2 Å². The van der Waals surface area contributed by atoms with Crippen LogP contribution in [-0.4, -0.2) is 15.0 Å². The smallest absolute Gasteiger partial charge is 0.160 e. The fourth-order valence-electron chi connectivity index (χ4n) is 7.86. The number of para-hydroxylation sites is 1. The Morgan fingerprint density at radius 1 is 0.411 bits per heavy atom. The molecule has 0 saturated heterocycles. The van der Waals surface area contributed by atoms with Gasteiger partial charge in [-0.2, -0.15) is 0 Å². The molecule has 0 fully saturated rings. The third-order valence-electron chi connectivity index (χ3n) is 10.6. The molecule has 0 saturated carbocycles. The molecule has 56 heavy (non-hydrogen) atoms. The van der Waals surface area contributed by atoms with E-state index < -0.39 is 0 Å². The molecule has 0 N–H and O–H groups in total. The molecule has 4 heterocycles. The topological polar surface area (TPSA) is 51.8 Å². The van der Waals surface area contributed by atoms with Crippen LogP contribution in [0.2, 0.25) is 0 Å². The summed E-state index contributed by atoms with van der Waals surface area (Å²) < 4.78 is 9.30. The minimum absolute atomic E-state index is 0.673. The lowest BCUT2D eigenvalue weighted by Gasteiger charge is -2.12. The monoisotopic (exact) mass is 733 g/mol. The van der Waals surface area contributed by atoms with E-state index in [1.807, 2.05) is 47.9 Å². The van der Waals surface area contributed by atoms with Crippen molar-refractivity contribution in [1.82, 2.24) is 15.0 Å². The SMILES string of the molecule is c1ccc(-c2cc(-c3ccc(-c4ccc(-c5ccc6sc7ccccc7c6c5)c5oc6ccccc6c45)cc3)nc(-c3cccc(-c4cccnc4)c3)n2)cc1. The third kappa shape index (κ3) is 5.56. The Hall–Kier alpha value is -7.21. The first-order valence-corrected chi connectivity index (χ1v) is 19.5. The molecule has 5 heteroatoms. The molecule has 11 aromatic rings. The Balaban J connectivity index is 1.02. The van der Waals surface area contributed by atoms with E-state index in [9.17, 15) is 0 Å². The lowest BCUT2D eigenvalue weighted by atomic mass is 9.93. The molecular weight excluding hydrogens is 703 g/mol. The minimum atomic E-state index is 0.673. The zero-order valence-corrected chi connectivity index (χ0v) is 30.9. The van der Waals surface area contributed by atoms with Gasteiger partial charge >= 0.3 is 0 Å². The van der Waals surface area contributed by atoms with Crippen molar-refractivity contribution >= 4 is 53.4 Å². The maximum absolute atomic E-state index is 6.70. The summed E-state index contributed by atoms with van der Waals surface area (Å²) in [4.78, 5) is 14.6. The van der Waals surface area contributed by atoms with Gasteiger partial charge in [0.25, 0.3) is 0 Å². The number of furan rings is 1. The van der Waals surface area contributed by atoms with Gasteiger partial charge in [0.15, 0.2) is 5.82 Å². The summed E-state index contributed by atoms with van der Waals surface area (Å²) >= 11 is 1.84. The maximum atomic E-state index is 6.70. The van der Waals surface area contributed by atoms with E-state index in [0.29, 0.717) is 5.82 Å². The summed E-state index contributed by atoms with van der Waals surface area (Å²) in [5.74, 6) is 0.673. The molecule has 0 aliphatic carbocycles. The van der Waals surface area contributed by atoms with E-state index in [-0.39, 0.29) is 0 Å². The first-order chi connectivity index (χ1) is 27.7. The highest BCUT2D eigenvalue weighted by atomic mass is 32.1. The predicted octanol–water partition coefficient (Wildman–Crippen LogP) is 14.1. The molecule has 262 valence electrons. The van der Waals surface area contributed by atoms with Gasteiger partial charge in [-0.15, -0.1) is 11.3 Å².